The van der Waals surface area contributed by atoms with E-state index in [-0.39, 0.29) is 11.5 Å². The van der Waals surface area contributed by atoms with Gasteiger partial charge in [0.15, 0.2) is 0 Å². The van der Waals surface area contributed by atoms with E-state index in [9.17, 15) is 10.2 Å². The Kier molecular flexibility index (Phi) is 2.82. The minimum atomic E-state index is 0.278. The zero-order valence-corrected chi connectivity index (χ0v) is 11.9. The number of phenolic OH excluding ortho intramolecular Hbond substituents is 2. The summed E-state index contributed by atoms with van der Waals surface area (Å²) in [5.41, 5.74) is 3.93. The van der Waals surface area contributed by atoms with Crippen molar-refractivity contribution >= 4 is 21.8 Å². The van der Waals surface area contributed by atoms with Crippen LogP contribution < -0.4 is 0 Å². The highest BCUT2D eigenvalue weighted by Gasteiger charge is 2.10. The number of phenols is 2. The zero-order chi connectivity index (χ0) is 15.1. The van der Waals surface area contributed by atoms with Crippen LogP contribution >= 0.6 is 0 Å². The lowest BCUT2D eigenvalue weighted by Crippen LogP contribution is -1.89. The molecule has 0 aliphatic heterocycles. The molecule has 2 aromatic carbocycles. The van der Waals surface area contributed by atoms with Crippen molar-refractivity contribution in [1.82, 2.24) is 9.97 Å². The molecule has 0 radical (unpaired) electrons. The maximum Gasteiger partial charge on any atom is 0.139 e. The minimum Gasteiger partial charge on any atom is -0.506 e. The molecule has 0 bridgehead atoms. The summed E-state index contributed by atoms with van der Waals surface area (Å²) in [6.45, 7) is 0. The second-order valence-electron chi connectivity index (χ2n) is 5.53. The molecule has 4 rings (SSSR count). The number of aromatic amines is 2. The summed E-state index contributed by atoms with van der Waals surface area (Å²) in [6.07, 6.45) is 5.64. The Morgan fingerprint density at radius 1 is 0.682 bits per heavy atom. The Morgan fingerprint density at radius 3 is 1.59 bits per heavy atom. The zero-order valence-electron chi connectivity index (χ0n) is 11.9. The molecule has 0 spiro atoms. The van der Waals surface area contributed by atoms with Gasteiger partial charge in [-0.1, -0.05) is 24.3 Å². The lowest BCUT2D eigenvalue weighted by atomic mass is 10.0. The van der Waals surface area contributed by atoms with E-state index < -0.39 is 0 Å². The molecule has 0 saturated heterocycles. The third-order valence-corrected chi connectivity index (χ3v) is 4.22. The number of aromatic nitrogens is 2. The molecule has 2 aromatic heterocycles. The topological polar surface area (TPSA) is 72.0 Å². The molecule has 0 aliphatic carbocycles. The smallest absolute Gasteiger partial charge is 0.139 e. The third-order valence-electron chi connectivity index (χ3n) is 4.22. The molecule has 0 atom stereocenters. The lowest BCUT2D eigenvalue weighted by Gasteiger charge is -2.01. The van der Waals surface area contributed by atoms with E-state index in [2.05, 4.69) is 9.97 Å². The van der Waals surface area contributed by atoms with Crippen molar-refractivity contribution in [2.24, 2.45) is 0 Å². The number of aromatic hydroxyl groups is 2. The second-order valence-corrected chi connectivity index (χ2v) is 5.53. The van der Waals surface area contributed by atoms with Gasteiger partial charge in [-0.25, -0.2) is 0 Å². The molecule has 0 amide bonds. The van der Waals surface area contributed by atoms with E-state index in [1.165, 1.54) is 11.1 Å². The van der Waals surface area contributed by atoms with Crippen molar-refractivity contribution in [3.63, 3.8) is 0 Å². The predicted molar refractivity (Wildman–Crippen MR) is 87.3 cm³/mol. The molecule has 22 heavy (non-hydrogen) atoms. The monoisotopic (exact) mass is 292 g/mol. The number of rotatable bonds is 3. The van der Waals surface area contributed by atoms with Crippen LogP contribution in [0.15, 0.2) is 48.8 Å². The number of H-pyrrole nitrogens is 2. The number of benzene rings is 2. The van der Waals surface area contributed by atoms with Gasteiger partial charge >= 0.3 is 0 Å². The van der Waals surface area contributed by atoms with E-state index in [4.69, 9.17) is 0 Å². The number of nitrogens with one attached hydrogen (secondary N) is 2. The Bertz CT molecular complexity index is 886. The molecule has 0 fully saturated rings. The summed E-state index contributed by atoms with van der Waals surface area (Å²) >= 11 is 0. The molecule has 4 heteroatoms. The SMILES string of the molecule is Oc1cccc2c(CCc3c[nH]c4c(O)cccc34)c[nH]c12. The molecule has 0 unspecified atom stereocenters. The molecular formula is C18H16N2O2. The van der Waals surface area contributed by atoms with Gasteiger partial charge in [0.05, 0.1) is 11.0 Å². The van der Waals surface area contributed by atoms with Gasteiger partial charge in [-0.2, -0.15) is 0 Å². The van der Waals surface area contributed by atoms with Crippen molar-refractivity contribution in [2.75, 3.05) is 0 Å². The second kappa shape index (κ2) is 4.84. The van der Waals surface area contributed by atoms with Crippen LogP contribution in [-0.4, -0.2) is 20.2 Å². The number of hydrogen-bond donors (Lipinski definition) is 4. The quantitative estimate of drug-likeness (QED) is 0.463. The van der Waals surface area contributed by atoms with Crippen LogP contribution in [0, 0.1) is 0 Å². The van der Waals surface area contributed by atoms with Crippen molar-refractivity contribution < 1.29 is 10.2 Å². The molecular weight excluding hydrogens is 276 g/mol. The summed E-state index contributed by atoms with van der Waals surface area (Å²) in [5.74, 6) is 0.557. The molecule has 110 valence electrons. The van der Waals surface area contributed by atoms with Gasteiger partial charge in [0.1, 0.15) is 11.5 Å². The third kappa shape index (κ3) is 1.92. The fourth-order valence-corrected chi connectivity index (χ4v) is 3.08. The first kappa shape index (κ1) is 12.8. The van der Waals surface area contributed by atoms with E-state index in [1.807, 2.05) is 36.7 Å². The first-order valence-corrected chi connectivity index (χ1v) is 7.30. The minimum absolute atomic E-state index is 0.278. The maximum absolute atomic E-state index is 9.84. The Labute approximate surface area is 127 Å². The van der Waals surface area contributed by atoms with Gasteiger partial charge in [-0.05, 0) is 36.1 Å². The van der Waals surface area contributed by atoms with Gasteiger partial charge < -0.3 is 20.2 Å². The van der Waals surface area contributed by atoms with Crippen LogP contribution in [0.1, 0.15) is 11.1 Å². The fourth-order valence-electron chi connectivity index (χ4n) is 3.08. The summed E-state index contributed by atoms with van der Waals surface area (Å²) in [5, 5.41) is 21.8. The van der Waals surface area contributed by atoms with E-state index in [0.29, 0.717) is 0 Å². The predicted octanol–water partition coefficient (Wildman–Crippen LogP) is 3.85. The molecule has 0 saturated carbocycles. The molecule has 4 nitrogen and oxygen atoms in total. The summed E-state index contributed by atoms with van der Waals surface area (Å²) in [6, 6.07) is 11.1. The van der Waals surface area contributed by atoms with Crippen molar-refractivity contribution in [3.8, 4) is 11.5 Å². The average Bonchev–Trinajstić information content (AvgIpc) is 3.11. The van der Waals surface area contributed by atoms with Gasteiger partial charge in [0, 0.05) is 23.2 Å². The number of fused-ring (bicyclic) bond motifs is 2. The number of para-hydroxylation sites is 2. The standard InChI is InChI=1S/C18H16N2O2/c21-15-5-1-3-13-11(9-19-17(13)15)7-8-12-10-20-18-14(12)4-2-6-16(18)22/h1-6,9-10,19-22H,7-8H2. The highest BCUT2D eigenvalue weighted by molar-refractivity contribution is 5.89. The van der Waals surface area contributed by atoms with Crippen LogP contribution in [0.3, 0.4) is 0 Å². The lowest BCUT2D eigenvalue weighted by molar-refractivity contribution is 0.480. The van der Waals surface area contributed by atoms with Crippen LogP contribution in [0.2, 0.25) is 0 Å². The Hall–Kier alpha value is -2.88. The summed E-state index contributed by atoms with van der Waals surface area (Å²) < 4.78 is 0. The molecule has 2 heterocycles. The largest absolute Gasteiger partial charge is 0.506 e. The van der Waals surface area contributed by atoms with Gasteiger partial charge in [0.2, 0.25) is 0 Å². The Morgan fingerprint density at radius 2 is 1.14 bits per heavy atom. The Balaban J connectivity index is 1.66. The van der Waals surface area contributed by atoms with Crippen molar-refractivity contribution in [3.05, 3.63) is 59.9 Å². The van der Waals surface area contributed by atoms with Gasteiger partial charge in [-0.3, -0.25) is 0 Å². The van der Waals surface area contributed by atoms with Crippen LogP contribution in [-0.2, 0) is 12.8 Å². The van der Waals surface area contributed by atoms with E-state index in [0.717, 1.165) is 34.6 Å². The van der Waals surface area contributed by atoms with Crippen molar-refractivity contribution in [2.45, 2.75) is 12.8 Å². The highest BCUT2D eigenvalue weighted by atomic mass is 16.3. The van der Waals surface area contributed by atoms with Crippen LogP contribution in [0.4, 0.5) is 0 Å². The van der Waals surface area contributed by atoms with Gasteiger partial charge in [0.25, 0.3) is 0 Å². The number of hydrogen-bond acceptors (Lipinski definition) is 2. The molecule has 0 aliphatic rings. The first-order chi connectivity index (χ1) is 10.7. The van der Waals surface area contributed by atoms with Crippen LogP contribution in [0.5, 0.6) is 11.5 Å². The highest BCUT2D eigenvalue weighted by Crippen LogP contribution is 2.29. The normalized spacial score (nSPS) is 11.5. The van der Waals surface area contributed by atoms with Crippen LogP contribution in [0.25, 0.3) is 21.8 Å². The van der Waals surface area contributed by atoms with E-state index in [1.54, 1.807) is 12.1 Å². The maximum atomic E-state index is 9.84. The first-order valence-electron chi connectivity index (χ1n) is 7.30. The average molecular weight is 292 g/mol. The van der Waals surface area contributed by atoms with E-state index >= 15 is 0 Å². The molecule has 4 N–H and O–H groups in total. The number of aryl methyl sites for hydroxylation is 2. The molecule has 4 aromatic rings. The van der Waals surface area contributed by atoms with Crippen molar-refractivity contribution in [1.29, 1.82) is 0 Å². The van der Waals surface area contributed by atoms with Gasteiger partial charge in [-0.15, -0.1) is 0 Å². The fraction of sp³-hybridized carbons (Fsp3) is 0.111. The summed E-state index contributed by atoms with van der Waals surface area (Å²) in [4.78, 5) is 6.27. The summed E-state index contributed by atoms with van der Waals surface area (Å²) in [7, 11) is 0.